The van der Waals surface area contributed by atoms with E-state index in [9.17, 15) is 16.8 Å². The number of hydrogen-bond donors (Lipinski definition) is 2. The normalized spacial score (nSPS) is 11.9. The second-order valence-electron chi connectivity index (χ2n) is 6.30. The number of rotatable bonds is 6. The third kappa shape index (κ3) is 5.47. The maximum absolute atomic E-state index is 12.6. The highest BCUT2D eigenvalue weighted by Gasteiger charge is 2.18. The topological polar surface area (TPSA) is 92.3 Å². The quantitative estimate of drug-likeness (QED) is 0.414. The zero-order valence-electron chi connectivity index (χ0n) is 15.4. The van der Waals surface area contributed by atoms with E-state index in [1.165, 1.54) is 42.5 Å². The molecule has 3 aromatic carbocycles. The Morgan fingerprint density at radius 3 is 1.77 bits per heavy atom. The number of anilines is 2. The van der Waals surface area contributed by atoms with E-state index in [4.69, 9.17) is 23.2 Å². The first kappa shape index (κ1) is 22.9. The second kappa shape index (κ2) is 8.76. The van der Waals surface area contributed by atoms with Crippen molar-refractivity contribution in [2.45, 2.75) is 16.7 Å². The summed E-state index contributed by atoms with van der Waals surface area (Å²) in [5, 5.41) is 0.358. The minimum absolute atomic E-state index is 0.0204. The SMILES string of the molecule is Cc1ccc(NS(=O)(=O)c2ccc(NS(=O)(=O)c3cc(Cl)cc(Cl)c3)cc2)cc1Br. The average Bonchev–Trinajstić information content (AvgIpc) is 2.64. The summed E-state index contributed by atoms with van der Waals surface area (Å²) in [6, 6.07) is 14.3. The Labute approximate surface area is 193 Å². The molecule has 2 N–H and O–H groups in total. The maximum atomic E-state index is 12.6. The Morgan fingerprint density at radius 2 is 1.20 bits per heavy atom. The fourth-order valence-electron chi connectivity index (χ4n) is 2.47. The van der Waals surface area contributed by atoms with E-state index >= 15 is 0 Å². The minimum atomic E-state index is -3.95. The smallest absolute Gasteiger partial charge is 0.261 e. The zero-order chi connectivity index (χ0) is 22.1. The van der Waals surface area contributed by atoms with Gasteiger partial charge in [0, 0.05) is 25.9 Å². The van der Waals surface area contributed by atoms with Gasteiger partial charge in [-0.15, -0.1) is 0 Å². The highest BCUT2D eigenvalue weighted by molar-refractivity contribution is 9.10. The van der Waals surface area contributed by atoms with Crippen LogP contribution < -0.4 is 9.44 Å². The third-order valence-corrected chi connectivity index (χ3v) is 8.04. The summed E-state index contributed by atoms with van der Waals surface area (Å²) < 4.78 is 55.9. The van der Waals surface area contributed by atoms with Crippen LogP contribution in [0.1, 0.15) is 5.56 Å². The maximum Gasteiger partial charge on any atom is 0.261 e. The molecule has 0 saturated heterocycles. The molecular formula is C19H15BrCl2N2O4S2. The van der Waals surface area contributed by atoms with Crippen molar-refractivity contribution in [1.82, 2.24) is 0 Å². The molecule has 3 aromatic rings. The summed E-state index contributed by atoms with van der Waals surface area (Å²) in [5.74, 6) is 0. The van der Waals surface area contributed by atoms with Crippen LogP contribution in [0.15, 0.2) is 74.9 Å². The highest BCUT2D eigenvalue weighted by atomic mass is 79.9. The van der Waals surface area contributed by atoms with Crippen molar-refractivity contribution in [2.24, 2.45) is 0 Å². The number of sulfonamides is 2. The lowest BCUT2D eigenvalue weighted by atomic mass is 10.2. The van der Waals surface area contributed by atoms with Crippen molar-refractivity contribution in [1.29, 1.82) is 0 Å². The van der Waals surface area contributed by atoms with Crippen LogP contribution in [0.5, 0.6) is 0 Å². The fraction of sp³-hybridized carbons (Fsp3) is 0.0526. The van der Waals surface area contributed by atoms with Crippen molar-refractivity contribution < 1.29 is 16.8 Å². The van der Waals surface area contributed by atoms with Gasteiger partial charge in [-0.3, -0.25) is 9.44 Å². The van der Waals surface area contributed by atoms with Crippen molar-refractivity contribution in [2.75, 3.05) is 9.44 Å². The van der Waals surface area contributed by atoms with Gasteiger partial charge < -0.3 is 0 Å². The molecule has 0 atom stereocenters. The molecule has 6 nitrogen and oxygen atoms in total. The fourth-order valence-corrected chi connectivity index (χ4v) is 5.68. The predicted molar refractivity (Wildman–Crippen MR) is 123 cm³/mol. The molecule has 0 unspecified atom stereocenters. The van der Waals surface area contributed by atoms with Gasteiger partial charge in [0.15, 0.2) is 0 Å². The Morgan fingerprint density at radius 1 is 0.700 bits per heavy atom. The largest absolute Gasteiger partial charge is 0.280 e. The van der Waals surface area contributed by atoms with Crippen LogP contribution in [0.25, 0.3) is 0 Å². The van der Waals surface area contributed by atoms with E-state index < -0.39 is 20.0 Å². The van der Waals surface area contributed by atoms with Gasteiger partial charge in [-0.1, -0.05) is 45.2 Å². The van der Waals surface area contributed by atoms with Crippen LogP contribution in [0.4, 0.5) is 11.4 Å². The lowest BCUT2D eigenvalue weighted by molar-refractivity contribution is 0.600. The Bertz CT molecular complexity index is 1290. The van der Waals surface area contributed by atoms with E-state index in [0.717, 1.165) is 10.0 Å². The summed E-state index contributed by atoms with van der Waals surface area (Å²) in [7, 11) is -7.80. The minimum Gasteiger partial charge on any atom is -0.280 e. The molecule has 0 bridgehead atoms. The van der Waals surface area contributed by atoms with Crippen molar-refractivity contribution in [3.63, 3.8) is 0 Å². The highest BCUT2D eigenvalue weighted by Crippen LogP contribution is 2.26. The molecule has 0 aliphatic rings. The lowest BCUT2D eigenvalue weighted by Crippen LogP contribution is -2.14. The number of hydrogen-bond acceptors (Lipinski definition) is 4. The van der Waals surface area contributed by atoms with Gasteiger partial charge in [-0.2, -0.15) is 0 Å². The van der Waals surface area contributed by atoms with Gasteiger partial charge >= 0.3 is 0 Å². The van der Waals surface area contributed by atoms with Crippen molar-refractivity contribution in [3.8, 4) is 0 Å². The first-order chi connectivity index (χ1) is 14.0. The molecule has 0 spiro atoms. The van der Waals surface area contributed by atoms with Gasteiger partial charge in [0.05, 0.1) is 9.79 Å². The molecule has 0 heterocycles. The molecule has 0 aliphatic carbocycles. The number of benzene rings is 3. The molecule has 3 rings (SSSR count). The summed E-state index contributed by atoms with van der Waals surface area (Å²) in [5.41, 5.74) is 1.55. The number of nitrogens with one attached hydrogen (secondary N) is 2. The van der Waals surface area contributed by atoms with Gasteiger partial charge in [-0.05, 0) is 67.1 Å². The summed E-state index contributed by atoms with van der Waals surface area (Å²) in [4.78, 5) is -0.128. The first-order valence-electron chi connectivity index (χ1n) is 8.34. The molecule has 30 heavy (non-hydrogen) atoms. The number of halogens is 3. The predicted octanol–water partition coefficient (Wildman–Crippen LogP) is 5.67. The molecule has 158 valence electrons. The van der Waals surface area contributed by atoms with E-state index in [1.54, 1.807) is 18.2 Å². The van der Waals surface area contributed by atoms with Crippen LogP contribution in [0.2, 0.25) is 10.0 Å². The third-order valence-electron chi connectivity index (χ3n) is 3.99. The number of aryl methyl sites for hydroxylation is 1. The second-order valence-corrected chi connectivity index (χ2v) is 11.4. The Balaban J connectivity index is 1.80. The standard InChI is InChI=1S/C19H15BrCl2N2O4S2/c1-12-2-3-16(11-19(12)20)24-29(25,26)17-6-4-15(5-7-17)23-30(27,28)18-9-13(21)8-14(22)10-18/h2-11,23-24H,1H3. The molecule has 0 amide bonds. The zero-order valence-corrected chi connectivity index (χ0v) is 20.1. The monoisotopic (exact) mass is 548 g/mol. The van der Waals surface area contributed by atoms with Gasteiger partial charge in [-0.25, -0.2) is 16.8 Å². The van der Waals surface area contributed by atoms with Crippen LogP contribution in [0, 0.1) is 6.92 Å². The molecule has 0 saturated carbocycles. The van der Waals surface area contributed by atoms with Crippen molar-refractivity contribution >= 4 is 70.6 Å². The summed E-state index contributed by atoms with van der Waals surface area (Å²) in [6.07, 6.45) is 0. The van der Waals surface area contributed by atoms with E-state index in [1.807, 2.05) is 6.92 Å². The van der Waals surface area contributed by atoms with Crippen LogP contribution in [-0.4, -0.2) is 16.8 Å². The molecule has 0 aliphatic heterocycles. The Hall–Kier alpha value is -1.78. The van der Waals surface area contributed by atoms with Crippen LogP contribution in [0.3, 0.4) is 0 Å². The van der Waals surface area contributed by atoms with E-state index in [2.05, 4.69) is 25.4 Å². The molecule has 0 radical (unpaired) electrons. The summed E-state index contributed by atoms with van der Waals surface area (Å²) in [6.45, 7) is 1.89. The van der Waals surface area contributed by atoms with Gasteiger partial charge in [0.2, 0.25) is 0 Å². The molecule has 0 fully saturated rings. The summed E-state index contributed by atoms with van der Waals surface area (Å²) >= 11 is 15.1. The van der Waals surface area contributed by atoms with Crippen LogP contribution in [-0.2, 0) is 20.0 Å². The molecule has 0 aromatic heterocycles. The van der Waals surface area contributed by atoms with Gasteiger partial charge in [0.1, 0.15) is 0 Å². The van der Waals surface area contributed by atoms with Crippen molar-refractivity contribution in [3.05, 3.63) is 80.7 Å². The molecule has 11 heteroatoms. The van der Waals surface area contributed by atoms with E-state index in [-0.39, 0.29) is 25.5 Å². The lowest BCUT2D eigenvalue weighted by Gasteiger charge is -2.11. The van der Waals surface area contributed by atoms with Gasteiger partial charge in [0.25, 0.3) is 20.0 Å². The molecular weight excluding hydrogens is 535 g/mol. The first-order valence-corrected chi connectivity index (χ1v) is 12.9. The Kier molecular flexibility index (Phi) is 6.69. The van der Waals surface area contributed by atoms with Crippen LogP contribution >= 0.6 is 39.1 Å². The van der Waals surface area contributed by atoms with E-state index in [0.29, 0.717) is 5.69 Å². The average molecular weight is 550 g/mol.